The number of pyridine rings is 2. The van der Waals surface area contributed by atoms with Crippen molar-refractivity contribution in [1.82, 2.24) is 14.9 Å². The van der Waals surface area contributed by atoms with Crippen molar-refractivity contribution in [2.75, 3.05) is 0 Å². The van der Waals surface area contributed by atoms with Crippen molar-refractivity contribution in [2.24, 2.45) is 5.92 Å². The molecule has 0 bridgehead atoms. The van der Waals surface area contributed by atoms with E-state index in [9.17, 15) is 22.8 Å². The van der Waals surface area contributed by atoms with Crippen molar-refractivity contribution in [1.29, 1.82) is 0 Å². The van der Waals surface area contributed by atoms with Gasteiger partial charge < -0.3 is 5.32 Å². The molecule has 8 heteroatoms. The molecule has 4 aromatic rings. The molecular formula is C26H20F3N3O2. The predicted molar refractivity (Wildman–Crippen MR) is 121 cm³/mol. The summed E-state index contributed by atoms with van der Waals surface area (Å²) in [6.45, 7) is 1.57. The molecule has 1 fully saturated rings. The maximum absolute atomic E-state index is 14.8. The second-order valence-corrected chi connectivity index (χ2v) is 8.45. The first kappa shape index (κ1) is 21.9. The summed E-state index contributed by atoms with van der Waals surface area (Å²) < 4.78 is 43.3. The van der Waals surface area contributed by atoms with E-state index in [0.29, 0.717) is 5.56 Å². The molecule has 2 heterocycles. The van der Waals surface area contributed by atoms with E-state index in [0.717, 1.165) is 35.7 Å². The molecule has 2 aromatic heterocycles. The minimum Gasteiger partial charge on any atom is -0.345 e. The fraction of sp³-hybridized carbons (Fsp3) is 0.192. The van der Waals surface area contributed by atoms with Crippen molar-refractivity contribution >= 4 is 16.7 Å². The van der Waals surface area contributed by atoms with Gasteiger partial charge in [-0.2, -0.15) is 4.39 Å². The molecule has 0 saturated heterocycles. The summed E-state index contributed by atoms with van der Waals surface area (Å²) in [4.78, 5) is 30.5. The van der Waals surface area contributed by atoms with Gasteiger partial charge in [-0.05, 0) is 61.6 Å². The van der Waals surface area contributed by atoms with Gasteiger partial charge >= 0.3 is 0 Å². The highest BCUT2D eigenvalue weighted by molar-refractivity contribution is 6.08. The zero-order valence-electron chi connectivity index (χ0n) is 18.2. The third kappa shape index (κ3) is 3.85. The highest BCUT2D eigenvalue weighted by Gasteiger charge is 2.35. The Morgan fingerprint density at radius 2 is 1.85 bits per heavy atom. The first-order chi connectivity index (χ1) is 16.3. The Morgan fingerprint density at radius 3 is 2.53 bits per heavy atom. The molecule has 172 valence electrons. The van der Waals surface area contributed by atoms with Crippen LogP contribution < -0.4 is 10.9 Å². The van der Waals surface area contributed by atoms with Crippen molar-refractivity contribution in [2.45, 2.75) is 25.8 Å². The van der Waals surface area contributed by atoms with Crippen LogP contribution in [0.5, 0.6) is 0 Å². The molecular weight excluding hydrogens is 443 g/mol. The maximum atomic E-state index is 14.8. The Hall–Kier alpha value is -3.94. The summed E-state index contributed by atoms with van der Waals surface area (Å²) >= 11 is 0. The minimum absolute atomic E-state index is 0.112. The molecule has 1 N–H and O–H groups in total. The van der Waals surface area contributed by atoms with Crippen LogP contribution in [-0.4, -0.2) is 15.5 Å². The third-order valence-corrected chi connectivity index (χ3v) is 6.18. The van der Waals surface area contributed by atoms with Crippen molar-refractivity contribution in [3.05, 3.63) is 106 Å². The number of fused-ring (bicyclic) bond motifs is 1. The van der Waals surface area contributed by atoms with Crippen LogP contribution in [0.4, 0.5) is 13.2 Å². The van der Waals surface area contributed by atoms with Gasteiger partial charge in [0.15, 0.2) is 0 Å². The van der Waals surface area contributed by atoms with Crippen molar-refractivity contribution in [3.63, 3.8) is 0 Å². The Labute approximate surface area is 192 Å². The normalized spacial score (nSPS) is 14.2. The first-order valence-corrected chi connectivity index (χ1v) is 10.9. The number of hydrogen-bond acceptors (Lipinski definition) is 3. The van der Waals surface area contributed by atoms with E-state index >= 15 is 0 Å². The lowest BCUT2D eigenvalue weighted by molar-refractivity contribution is 0.0932. The van der Waals surface area contributed by atoms with Gasteiger partial charge in [-0.3, -0.25) is 14.2 Å². The Balaban J connectivity index is 1.68. The average molecular weight is 463 g/mol. The Kier molecular flexibility index (Phi) is 5.43. The Morgan fingerprint density at radius 1 is 1.09 bits per heavy atom. The van der Waals surface area contributed by atoms with E-state index in [2.05, 4.69) is 10.3 Å². The molecule has 0 aliphatic heterocycles. The number of amides is 1. The maximum Gasteiger partial charge on any atom is 0.266 e. The molecule has 0 unspecified atom stereocenters. The second kappa shape index (κ2) is 8.44. The largest absolute Gasteiger partial charge is 0.345 e. The van der Waals surface area contributed by atoms with Gasteiger partial charge in [0.2, 0.25) is 5.95 Å². The SMILES string of the molecule is Cc1c(C(=O)N[C@H](c2cccc(F)c2)C2CC2)c2cccc(F)c2c(=O)n1-c1ccc(F)nc1. The zero-order valence-corrected chi connectivity index (χ0v) is 18.2. The monoisotopic (exact) mass is 463 g/mol. The summed E-state index contributed by atoms with van der Waals surface area (Å²) in [5, 5.41) is 2.89. The number of rotatable bonds is 5. The smallest absolute Gasteiger partial charge is 0.266 e. The van der Waals surface area contributed by atoms with Gasteiger partial charge in [0.25, 0.3) is 11.5 Å². The van der Waals surface area contributed by atoms with Crippen LogP contribution in [0, 0.1) is 30.4 Å². The number of benzene rings is 2. The molecule has 5 nitrogen and oxygen atoms in total. The summed E-state index contributed by atoms with van der Waals surface area (Å²) in [5.41, 5.74) is 0.523. The fourth-order valence-corrected chi connectivity index (χ4v) is 4.43. The summed E-state index contributed by atoms with van der Waals surface area (Å²) in [7, 11) is 0. The number of nitrogens with one attached hydrogen (secondary N) is 1. The molecule has 1 aliphatic carbocycles. The van der Waals surface area contributed by atoms with Gasteiger partial charge in [0.05, 0.1) is 28.9 Å². The minimum atomic E-state index is -0.774. The molecule has 1 atom stereocenters. The number of carbonyl (C=O) groups is 1. The lowest BCUT2D eigenvalue weighted by atomic mass is 9.99. The van der Waals surface area contributed by atoms with Crippen LogP contribution in [0.2, 0.25) is 0 Å². The van der Waals surface area contributed by atoms with Crippen molar-refractivity contribution < 1.29 is 18.0 Å². The standard InChI is InChI=1S/C26H20F3N3O2/c1-14-22(25(33)31-24(15-8-9-15)16-4-2-5-17(27)12-16)19-6-3-7-20(28)23(19)26(34)32(14)18-10-11-21(29)30-13-18/h2-7,10-13,15,24H,8-9H2,1H3,(H,31,33)/t24-/m0/s1. The molecule has 1 amide bonds. The van der Waals surface area contributed by atoms with Gasteiger partial charge in [-0.15, -0.1) is 0 Å². The molecule has 5 rings (SSSR count). The predicted octanol–water partition coefficient (Wildman–Crippen LogP) is 4.99. The number of aromatic nitrogens is 2. The van der Waals surface area contributed by atoms with Crippen LogP contribution in [0.3, 0.4) is 0 Å². The van der Waals surface area contributed by atoms with Crippen LogP contribution in [-0.2, 0) is 0 Å². The first-order valence-electron chi connectivity index (χ1n) is 10.9. The lowest BCUT2D eigenvalue weighted by Gasteiger charge is -2.22. The summed E-state index contributed by atoms with van der Waals surface area (Å²) in [6.07, 6.45) is 2.92. The van der Waals surface area contributed by atoms with Gasteiger partial charge in [-0.25, -0.2) is 13.8 Å². The molecule has 34 heavy (non-hydrogen) atoms. The lowest BCUT2D eigenvalue weighted by Crippen LogP contribution is -2.33. The highest BCUT2D eigenvalue weighted by Crippen LogP contribution is 2.41. The van der Waals surface area contributed by atoms with Crippen LogP contribution in [0.25, 0.3) is 16.5 Å². The molecule has 1 aliphatic rings. The van der Waals surface area contributed by atoms with E-state index < -0.39 is 35.1 Å². The number of halogens is 3. The van der Waals surface area contributed by atoms with Crippen LogP contribution in [0.1, 0.15) is 40.5 Å². The Bertz CT molecular complexity index is 1480. The van der Waals surface area contributed by atoms with Crippen molar-refractivity contribution in [3.8, 4) is 5.69 Å². The number of hydrogen-bond donors (Lipinski definition) is 1. The van der Waals surface area contributed by atoms with Gasteiger partial charge in [0.1, 0.15) is 11.6 Å². The van der Waals surface area contributed by atoms with E-state index in [-0.39, 0.29) is 33.6 Å². The molecule has 0 spiro atoms. The summed E-state index contributed by atoms with van der Waals surface area (Å²) in [5.74, 6) is -2.27. The quantitative estimate of drug-likeness (QED) is 0.424. The third-order valence-electron chi connectivity index (χ3n) is 6.18. The molecule has 2 aromatic carbocycles. The second-order valence-electron chi connectivity index (χ2n) is 8.45. The topological polar surface area (TPSA) is 64.0 Å². The van der Waals surface area contributed by atoms with Gasteiger partial charge in [0, 0.05) is 11.1 Å². The number of nitrogens with zero attached hydrogens (tertiary/aromatic N) is 2. The van der Waals surface area contributed by atoms with Gasteiger partial charge in [-0.1, -0.05) is 24.3 Å². The highest BCUT2D eigenvalue weighted by atomic mass is 19.1. The van der Waals surface area contributed by atoms with Crippen LogP contribution >= 0.6 is 0 Å². The summed E-state index contributed by atoms with van der Waals surface area (Å²) in [6, 6.07) is 12.1. The fourth-order valence-electron chi connectivity index (χ4n) is 4.43. The molecule has 1 saturated carbocycles. The van der Waals surface area contributed by atoms with E-state index in [1.807, 2.05) is 0 Å². The van der Waals surface area contributed by atoms with E-state index in [4.69, 9.17) is 0 Å². The average Bonchev–Trinajstić information content (AvgIpc) is 3.64. The zero-order chi connectivity index (χ0) is 24.0. The van der Waals surface area contributed by atoms with E-state index in [1.165, 1.54) is 30.3 Å². The molecule has 0 radical (unpaired) electrons. The van der Waals surface area contributed by atoms with Crippen LogP contribution in [0.15, 0.2) is 65.6 Å². The number of carbonyl (C=O) groups excluding carboxylic acids is 1. The van der Waals surface area contributed by atoms with E-state index in [1.54, 1.807) is 19.1 Å².